The van der Waals surface area contributed by atoms with Gasteiger partial charge in [-0.2, -0.15) is 35.1 Å². The summed E-state index contributed by atoms with van der Waals surface area (Å²) in [5.74, 6) is -3.72. The van der Waals surface area contributed by atoms with E-state index in [0.717, 1.165) is 48.5 Å². The Balaban J connectivity index is 1.12. The summed E-state index contributed by atoms with van der Waals surface area (Å²) in [4.78, 5) is 52.9. The Morgan fingerprint density at radius 2 is 0.925 bits per heavy atom. The fourth-order valence-electron chi connectivity index (χ4n) is 6.13. The summed E-state index contributed by atoms with van der Waals surface area (Å²) in [5, 5.41) is 0. The number of halogens is 8. The molecular weight excluding hydrogens is 897 g/mol. The van der Waals surface area contributed by atoms with Gasteiger partial charge in [0.25, 0.3) is 0 Å². The second kappa shape index (κ2) is 20.3. The third-order valence-corrected chi connectivity index (χ3v) is 9.58. The number of alkyl halides is 8. The van der Waals surface area contributed by atoms with Crippen molar-refractivity contribution in [2.75, 3.05) is 11.5 Å². The van der Waals surface area contributed by atoms with Crippen LogP contribution in [0.4, 0.5) is 46.5 Å². The van der Waals surface area contributed by atoms with Crippen molar-refractivity contribution < 1.29 is 73.2 Å². The predicted molar refractivity (Wildman–Crippen MR) is 231 cm³/mol. The van der Waals surface area contributed by atoms with Gasteiger partial charge in [0.15, 0.2) is 11.6 Å². The lowest BCUT2D eigenvalue weighted by Crippen LogP contribution is -2.33. The van der Waals surface area contributed by atoms with E-state index in [0.29, 0.717) is 33.5 Å². The molecule has 6 aromatic carbocycles. The molecule has 10 nitrogen and oxygen atoms in total. The highest BCUT2D eigenvalue weighted by molar-refractivity contribution is 6.16. The van der Waals surface area contributed by atoms with Crippen LogP contribution in [-0.2, 0) is 0 Å². The highest BCUT2D eigenvalue weighted by Gasteiger charge is 2.44. The van der Waals surface area contributed by atoms with E-state index in [1.807, 2.05) is 0 Å². The minimum Gasteiger partial charge on any atom is -0.428 e. The molecule has 344 valence electrons. The van der Waals surface area contributed by atoms with Crippen molar-refractivity contribution in [3.8, 4) is 34.1 Å². The maximum absolute atomic E-state index is 13.9. The van der Waals surface area contributed by atoms with Crippen molar-refractivity contribution in [3.05, 3.63) is 178 Å². The zero-order chi connectivity index (χ0) is 48.6. The van der Waals surface area contributed by atoms with E-state index >= 15 is 0 Å². The molecule has 0 atom stereocenters. The number of hydrogen-bond acceptors (Lipinski definition) is 10. The summed E-state index contributed by atoms with van der Waals surface area (Å²) < 4.78 is 121. The largest absolute Gasteiger partial charge is 0.461 e. The first-order chi connectivity index (χ1) is 31.7. The smallest absolute Gasteiger partial charge is 0.428 e. The number of carbonyl (C=O) groups is 4. The lowest BCUT2D eigenvalue weighted by Gasteiger charge is -2.16. The monoisotopic (exact) mass is 930 g/mol. The van der Waals surface area contributed by atoms with Gasteiger partial charge in [-0.05, 0) is 138 Å². The Morgan fingerprint density at radius 3 is 1.36 bits per heavy atom. The average Bonchev–Trinajstić information content (AvgIpc) is 3.29. The second-order valence-corrected chi connectivity index (χ2v) is 14.3. The minimum atomic E-state index is -4.72. The number of esters is 2. The van der Waals surface area contributed by atoms with Gasteiger partial charge < -0.3 is 30.4 Å². The molecule has 0 amide bonds. The van der Waals surface area contributed by atoms with Gasteiger partial charge in [0.2, 0.25) is 0 Å². The van der Waals surface area contributed by atoms with E-state index in [9.17, 15) is 54.3 Å². The Morgan fingerprint density at radius 1 is 0.522 bits per heavy atom. The lowest BCUT2D eigenvalue weighted by molar-refractivity contribution is -0.253. The van der Waals surface area contributed by atoms with Gasteiger partial charge >= 0.3 is 37.0 Å². The van der Waals surface area contributed by atoms with E-state index in [1.165, 1.54) is 66.8 Å². The van der Waals surface area contributed by atoms with Crippen LogP contribution in [0.1, 0.15) is 58.1 Å². The number of rotatable bonds is 17. The first-order valence-corrected chi connectivity index (χ1v) is 19.5. The number of anilines is 2. The average molecular weight is 931 g/mol. The van der Waals surface area contributed by atoms with Crippen LogP contribution in [-0.4, -0.2) is 48.6 Å². The number of nitrogen functional groups attached to an aromatic ring is 2. The molecule has 0 saturated heterocycles. The van der Waals surface area contributed by atoms with Crippen LogP contribution in [0.2, 0.25) is 0 Å². The summed E-state index contributed by atoms with van der Waals surface area (Å²) in [5.41, 5.74) is 15.3. The number of carbonyl (C=O) groups excluding carboxylic acids is 4. The van der Waals surface area contributed by atoms with Crippen LogP contribution < -0.4 is 30.4 Å². The van der Waals surface area contributed by atoms with Gasteiger partial charge in [-0.1, -0.05) is 48.6 Å². The Labute approximate surface area is 375 Å². The van der Waals surface area contributed by atoms with Crippen molar-refractivity contribution in [3.63, 3.8) is 0 Å². The van der Waals surface area contributed by atoms with Gasteiger partial charge in [-0.15, -0.1) is 0 Å². The van der Waals surface area contributed by atoms with Crippen LogP contribution in [0.3, 0.4) is 0 Å². The Bertz CT molecular complexity index is 2850. The van der Waals surface area contributed by atoms with Crippen LogP contribution in [0.25, 0.3) is 23.3 Å². The molecule has 0 aliphatic carbocycles. The first-order valence-electron chi connectivity index (χ1n) is 19.5. The summed E-state index contributed by atoms with van der Waals surface area (Å²) >= 11 is 0. The third kappa shape index (κ3) is 12.1. The van der Waals surface area contributed by atoms with Crippen molar-refractivity contribution >= 4 is 47.0 Å². The molecular formula is C49H34F8N2O8. The van der Waals surface area contributed by atoms with E-state index < -0.39 is 60.1 Å². The molecule has 0 heterocycles. The van der Waals surface area contributed by atoms with E-state index in [2.05, 4.69) is 9.47 Å². The molecule has 0 bridgehead atoms. The molecule has 18 heteroatoms. The molecule has 0 aliphatic heterocycles. The maximum atomic E-state index is 13.9. The molecule has 0 unspecified atom stereocenters. The summed E-state index contributed by atoms with van der Waals surface area (Å²) in [6.07, 6.45) is -12.0. The second-order valence-electron chi connectivity index (χ2n) is 14.3. The number of ether oxygens (including phenoxy) is 4. The molecule has 0 radical (unpaired) electrons. The number of nitrogens with two attached hydrogens (primary N) is 2. The molecule has 0 saturated carbocycles. The Kier molecular flexibility index (Phi) is 14.6. The fraction of sp³-hybridized carbons (Fsp3) is 0.102. The highest BCUT2D eigenvalue weighted by atomic mass is 19.3. The third-order valence-electron chi connectivity index (χ3n) is 9.58. The fourth-order valence-corrected chi connectivity index (χ4v) is 6.13. The quantitative estimate of drug-likeness (QED) is 0.0225. The number of benzene rings is 6. The normalized spacial score (nSPS) is 11.9. The van der Waals surface area contributed by atoms with Crippen molar-refractivity contribution in [2.45, 2.75) is 32.0 Å². The van der Waals surface area contributed by atoms with Crippen LogP contribution in [0, 0.1) is 6.92 Å². The van der Waals surface area contributed by atoms with Gasteiger partial charge in [0, 0.05) is 22.5 Å². The highest BCUT2D eigenvalue weighted by Crippen LogP contribution is 2.35. The standard InChI is InChI=1S/C49H34F8N2O8/c1-27-40(59)23-22-38(43(27)42(61)25-7-29-4-15-34(16-5-29)65-45(63)31-10-19-36(20-11-31)67-49(56,57)47(52)53)37-21-12-32(58)26-39(37)41(60)24-6-28-2-13-33(14-3-28)64-44(62)30-8-17-35(18-9-30)66-48(54,55)46(50)51/h2-26,46-47H,58-59H2,1H3/b24-6+,25-7+. The molecule has 0 aromatic heterocycles. The van der Waals surface area contributed by atoms with Crippen molar-refractivity contribution in [1.82, 2.24) is 0 Å². The molecule has 0 fully saturated rings. The van der Waals surface area contributed by atoms with Gasteiger partial charge in [-0.3, -0.25) is 9.59 Å². The predicted octanol–water partition coefficient (Wildman–Crippen LogP) is 11.5. The maximum Gasteiger partial charge on any atom is 0.461 e. The SMILES string of the molecule is Cc1c(N)ccc(-c2ccc(N)cc2C(=O)/C=C/c2ccc(OC(=O)c3ccc(OC(F)(F)C(F)F)cc3)cc2)c1C(=O)/C=C/c1ccc(OC(=O)c2ccc(OC(F)(F)C(F)F)cc2)cc1. The zero-order valence-electron chi connectivity index (χ0n) is 34.5. The number of ketones is 2. The number of allylic oxidation sites excluding steroid dienone is 2. The van der Waals surface area contributed by atoms with Crippen LogP contribution in [0.5, 0.6) is 23.0 Å². The Hall–Kier alpha value is -8.28. The van der Waals surface area contributed by atoms with Crippen molar-refractivity contribution in [2.24, 2.45) is 0 Å². The van der Waals surface area contributed by atoms with Gasteiger partial charge in [0.1, 0.15) is 23.0 Å². The lowest BCUT2D eigenvalue weighted by atomic mass is 9.88. The summed E-state index contributed by atoms with van der Waals surface area (Å²) in [6, 6.07) is 27.6. The zero-order valence-corrected chi connectivity index (χ0v) is 34.5. The molecule has 4 N–H and O–H groups in total. The molecule has 0 aliphatic rings. The van der Waals surface area contributed by atoms with E-state index in [4.69, 9.17) is 20.9 Å². The summed E-state index contributed by atoms with van der Waals surface area (Å²) in [7, 11) is 0. The number of hydrogen-bond donors (Lipinski definition) is 2. The molecule has 6 aromatic rings. The van der Waals surface area contributed by atoms with Crippen molar-refractivity contribution in [1.29, 1.82) is 0 Å². The van der Waals surface area contributed by atoms with E-state index in [1.54, 1.807) is 43.3 Å². The van der Waals surface area contributed by atoms with E-state index in [-0.39, 0.29) is 39.4 Å². The topological polar surface area (TPSA) is 157 Å². The minimum absolute atomic E-state index is 0.0813. The van der Waals surface area contributed by atoms with Crippen LogP contribution >= 0.6 is 0 Å². The van der Waals surface area contributed by atoms with Gasteiger partial charge in [-0.25, -0.2) is 9.59 Å². The first kappa shape index (κ1) is 48.2. The van der Waals surface area contributed by atoms with Crippen LogP contribution in [0.15, 0.2) is 140 Å². The molecule has 67 heavy (non-hydrogen) atoms. The summed E-state index contributed by atoms with van der Waals surface area (Å²) in [6.45, 7) is 1.65. The van der Waals surface area contributed by atoms with Gasteiger partial charge in [0.05, 0.1) is 11.1 Å². The molecule has 0 spiro atoms. The molecule has 6 rings (SSSR count).